The van der Waals surface area contributed by atoms with E-state index in [0.29, 0.717) is 5.91 Å². The molecule has 2 aliphatic rings. The Morgan fingerprint density at radius 1 is 1.24 bits per heavy atom. The maximum Gasteiger partial charge on any atom is 0.231 e. The predicted octanol–water partition coefficient (Wildman–Crippen LogP) is 1.43. The molecule has 1 atom stereocenters. The van der Waals surface area contributed by atoms with Crippen molar-refractivity contribution in [2.45, 2.75) is 25.8 Å². The zero-order chi connectivity index (χ0) is 14.7. The molecule has 0 aliphatic carbocycles. The molecular formula is C17H25N3O. The van der Waals surface area contributed by atoms with Gasteiger partial charge in [-0.2, -0.15) is 0 Å². The van der Waals surface area contributed by atoms with Crippen LogP contribution in [0.4, 0.5) is 0 Å². The molecule has 1 aromatic carbocycles. The van der Waals surface area contributed by atoms with Crippen molar-refractivity contribution in [1.82, 2.24) is 15.1 Å². The topological polar surface area (TPSA) is 35.6 Å². The van der Waals surface area contributed by atoms with E-state index in [1.165, 1.54) is 17.5 Å². The van der Waals surface area contributed by atoms with E-state index in [1.807, 2.05) is 6.07 Å². The van der Waals surface area contributed by atoms with Gasteiger partial charge in [0.15, 0.2) is 0 Å². The Bertz CT molecular complexity index is 495. The fourth-order valence-corrected chi connectivity index (χ4v) is 3.45. The molecule has 4 nitrogen and oxygen atoms in total. The van der Waals surface area contributed by atoms with Gasteiger partial charge in [-0.25, -0.2) is 0 Å². The summed E-state index contributed by atoms with van der Waals surface area (Å²) >= 11 is 0. The summed E-state index contributed by atoms with van der Waals surface area (Å²) < 4.78 is 0. The van der Waals surface area contributed by atoms with E-state index in [0.717, 1.165) is 45.8 Å². The van der Waals surface area contributed by atoms with Gasteiger partial charge in [-0.3, -0.25) is 9.69 Å². The van der Waals surface area contributed by atoms with Crippen LogP contribution in [0.2, 0.25) is 0 Å². The standard InChI is InChI=1S/C17H25N3O/c1-2-7-19-8-10-20(11-9-19)17(21)16-13-18-12-14-5-3-4-6-15(14)16/h3-6,16,18H,2,7-13H2,1H3. The molecule has 4 heteroatoms. The molecule has 0 bridgehead atoms. The Morgan fingerprint density at radius 2 is 2.00 bits per heavy atom. The van der Waals surface area contributed by atoms with Crippen LogP contribution < -0.4 is 5.32 Å². The zero-order valence-electron chi connectivity index (χ0n) is 12.8. The smallest absolute Gasteiger partial charge is 0.231 e. The second-order valence-corrected chi connectivity index (χ2v) is 6.05. The van der Waals surface area contributed by atoms with Crippen molar-refractivity contribution >= 4 is 5.91 Å². The quantitative estimate of drug-likeness (QED) is 0.913. The number of rotatable bonds is 3. The number of carbonyl (C=O) groups excluding carboxylic acids is 1. The highest BCUT2D eigenvalue weighted by atomic mass is 16.2. The van der Waals surface area contributed by atoms with E-state index in [2.05, 4.69) is 40.2 Å². The lowest BCUT2D eigenvalue weighted by atomic mass is 9.89. The number of nitrogens with zero attached hydrogens (tertiary/aromatic N) is 2. The minimum absolute atomic E-state index is 0.00678. The molecule has 1 unspecified atom stereocenters. The van der Waals surface area contributed by atoms with Crippen LogP contribution >= 0.6 is 0 Å². The number of piperazine rings is 1. The van der Waals surface area contributed by atoms with Gasteiger partial charge < -0.3 is 10.2 Å². The van der Waals surface area contributed by atoms with E-state index in [-0.39, 0.29) is 5.92 Å². The van der Waals surface area contributed by atoms with Gasteiger partial charge in [0, 0.05) is 39.3 Å². The Balaban J connectivity index is 1.67. The highest BCUT2D eigenvalue weighted by Crippen LogP contribution is 2.26. The molecule has 1 amide bonds. The maximum atomic E-state index is 12.8. The van der Waals surface area contributed by atoms with E-state index >= 15 is 0 Å². The van der Waals surface area contributed by atoms with Gasteiger partial charge in [-0.15, -0.1) is 0 Å². The van der Waals surface area contributed by atoms with Crippen LogP contribution in [0, 0.1) is 0 Å². The predicted molar refractivity (Wildman–Crippen MR) is 84.2 cm³/mol. The monoisotopic (exact) mass is 287 g/mol. The van der Waals surface area contributed by atoms with Crippen molar-refractivity contribution in [2.24, 2.45) is 0 Å². The molecule has 0 spiro atoms. The number of nitrogens with one attached hydrogen (secondary N) is 1. The molecule has 0 saturated carbocycles. The van der Waals surface area contributed by atoms with Gasteiger partial charge in [0.05, 0.1) is 5.92 Å². The summed E-state index contributed by atoms with van der Waals surface area (Å²) in [6.07, 6.45) is 1.19. The van der Waals surface area contributed by atoms with E-state index in [1.54, 1.807) is 0 Å². The van der Waals surface area contributed by atoms with E-state index in [4.69, 9.17) is 0 Å². The van der Waals surface area contributed by atoms with Crippen LogP contribution in [-0.2, 0) is 11.3 Å². The van der Waals surface area contributed by atoms with Crippen molar-refractivity contribution in [3.8, 4) is 0 Å². The summed E-state index contributed by atoms with van der Waals surface area (Å²) in [5, 5.41) is 3.38. The van der Waals surface area contributed by atoms with Crippen molar-refractivity contribution in [3.63, 3.8) is 0 Å². The Morgan fingerprint density at radius 3 is 2.76 bits per heavy atom. The Labute approximate surface area is 127 Å². The van der Waals surface area contributed by atoms with Crippen LogP contribution in [0.1, 0.15) is 30.4 Å². The highest BCUT2D eigenvalue weighted by Gasteiger charge is 2.31. The maximum absolute atomic E-state index is 12.8. The number of carbonyl (C=O) groups is 1. The molecule has 0 radical (unpaired) electrons. The number of benzene rings is 1. The van der Waals surface area contributed by atoms with Crippen molar-refractivity contribution in [1.29, 1.82) is 0 Å². The van der Waals surface area contributed by atoms with Gasteiger partial charge in [0.25, 0.3) is 0 Å². The van der Waals surface area contributed by atoms with Gasteiger partial charge in [-0.1, -0.05) is 31.2 Å². The van der Waals surface area contributed by atoms with Crippen molar-refractivity contribution < 1.29 is 4.79 Å². The summed E-state index contributed by atoms with van der Waals surface area (Å²) in [4.78, 5) is 17.4. The third kappa shape index (κ3) is 3.11. The summed E-state index contributed by atoms with van der Waals surface area (Å²) in [5.74, 6) is 0.290. The third-order valence-corrected chi connectivity index (χ3v) is 4.62. The highest BCUT2D eigenvalue weighted by molar-refractivity contribution is 5.85. The van der Waals surface area contributed by atoms with Crippen molar-refractivity contribution in [3.05, 3.63) is 35.4 Å². The molecule has 1 fully saturated rings. The number of amides is 1. The van der Waals surface area contributed by atoms with Crippen LogP contribution in [-0.4, -0.2) is 55.0 Å². The molecule has 114 valence electrons. The first kappa shape index (κ1) is 14.5. The first-order valence-electron chi connectivity index (χ1n) is 8.09. The van der Waals surface area contributed by atoms with Crippen LogP contribution in [0.3, 0.4) is 0 Å². The number of fused-ring (bicyclic) bond motifs is 1. The van der Waals surface area contributed by atoms with E-state index < -0.39 is 0 Å². The van der Waals surface area contributed by atoms with Crippen LogP contribution in [0.25, 0.3) is 0 Å². The van der Waals surface area contributed by atoms with E-state index in [9.17, 15) is 4.79 Å². The third-order valence-electron chi connectivity index (χ3n) is 4.62. The fraction of sp³-hybridized carbons (Fsp3) is 0.588. The second-order valence-electron chi connectivity index (χ2n) is 6.05. The molecule has 21 heavy (non-hydrogen) atoms. The Hall–Kier alpha value is -1.39. The number of hydrogen-bond acceptors (Lipinski definition) is 3. The molecule has 3 rings (SSSR count). The molecule has 0 aromatic heterocycles. The van der Waals surface area contributed by atoms with Crippen molar-refractivity contribution in [2.75, 3.05) is 39.3 Å². The molecule has 2 aliphatic heterocycles. The second kappa shape index (κ2) is 6.58. The first-order chi connectivity index (χ1) is 10.3. The normalized spacial score (nSPS) is 22.9. The summed E-state index contributed by atoms with van der Waals surface area (Å²) in [6, 6.07) is 8.34. The van der Waals surface area contributed by atoms with Gasteiger partial charge in [0.1, 0.15) is 0 Å². The average Bonchev–Trinajstić information content (AvgIpc) is 2.55. The number of hydrogen-bond donors (Lipinski definition) is 1. The average molecular weight is 287 g/mol. The first-order valence-corrected chi connectivity index (χ1v) is 8.09. The van der Waals surface area contributed by atoms with Gasteiger partial charge >= 0.3 is 0 Å². The molecule has 1 N–H and O–H groups in total. The largest absolute Gasteiger partial charge is 0.340 e. The zero-order valence-corrected chi connectivity index (χ0v) is 12.8. The molecule has 2 heterocycles. The lowest BCUT2D eigenvalue weighted by Crippen LogP contribution is -2.51. The molecule has 1 saturated heterocycles. The van der Waals surface area contributed by atoms with Crippen LogP contribution in [0.15, 0.2) is 24.3 Å². The lowest BCUT2D eigenvalue weighted by Gasteiger charge is -2.37. The summed E-state index contributed by atoms with van der Waals surface area (Å²) in [7, 11) is 0. The minimum Gasteiger partial charge on any atom is -0.340 e. The fourth-order valence-electron chi connectivity index (χ4n) is 3.45. The van der Waals surface area contributed by atoms with Gasteiger partial charge in [0.2, 0.25) is 5.91 Å². The molecular weight excluding hydrogens is 262 g/mol. The van der Waals surface area contributed by atoms with Gasteiger partial charge in [-0.05, 0) is 24.1 Å². The SMILES string of the molecule is CCCN1CCN(C(=O)C2CNCc3ccccc32)CC1. The minimum atomic E-state index is -0.00678. The summed E-state index contributed by atoms with van der Waals surface area (Å²) in [6.45, 7) is 8.78. The lowest BCUT2D eigenvalue weighted by molar-refractivity contribution is -0.134. The van der Waals surface area contributed by atoms with Crippen LogP contribution in [0.5, 0.6) is 0 Å². The molecule has 1 aromatic rings. The summed E-state index contributed by atoms with van der Waals surface area (Å²) in [5.41, 5.74) is 2.49. The Kier molecular flexibility index (Phi) is 4.56.